The van der Waals surface area contributed by atoms with Gasteiger partial charge in [-0.25, -0.2) is 14.8 Å². The molecule has 1 aromatic heterocycles. The van der Waals surface area contributed by atoms with E-state index in [0.717, 1.165) is 26.6 Å². The molecule has 0 radical (unpaired) electrons. The second-order valence-electron chi connectivity index (χ2n) is 8.54. The summed E-state index contributed by atoms with van der Waals surface area (Å²) in [5.41, 5.74) is 3.67. The summed E-state index contributed by atoms with van der Waals surface area (Å²) < 4.78 is 4.95. The van der Waals surface area contributed by atoms with E-state index in [0.29, 0.717) is 10.6 Å². The molecule has 2 aliphatic heterocycles. The van der Waals surface area contributed by atoms with Crippen molar-refractivity contribution in [3.63, 3.8) is 0 Å². The van der Waals surface area contributed by atoms with E-state index >= 15 is 0 Å². The van der Waals surface area contributed by atoms with Crippen LogP contribution < -0.4 is 9.96 Å². The zero-order valence-corrected chi connectivity index (χ0v) is 20.1. The summed E-state index contributed by atoms with van der Waals surface area (Å²) in [5, 5.41) is 1.96. The van der Waals surface area contributed by atoms with Gasteiger partial charge in [-0.1, -0.05) is 48.0 Å². The Morgan fingerprint density at radius 3 is 2.29 bits per heavy atom. The lowest BCUT2D eigenvalue weighted by Crippen LogP contribution is -2.37. The van der Waals surface area contributed by atoms with Gasteiger partial charge >= 0.3 is 5.97 Å². The molecule has 3 atom stereocenters. The Balaban J connectivity index is 1.61. The van der Waals surface area contributed by atoms with Gasteiger partial charge in [0.05, 0.1) is 24.4 Å². The molecular formula is C26H24N2O5S. The first-order valence-corrected chi connectivity index (χ1v) is 11.8. The minimum absolute atomic E-state index is 0.249. The summed E-state index contributed by atoms with van der Waals surface area (Å²) >= 11 is 1.24. The number of benzene rings is 2. The third-order valence-corrected chi connectivity index (χ3v) is 7.70. The molecule has 5 rings (SSSR count). The summed E-state index contributed by atoms with van der Waals surface area (Å²) in [6.45, 7) is 5.63. The SMILES string of the molecule is COC(=O)c1c(N2C(=O)[C@@H]3[C@@H](c4ccc(C)cc4)N(c4ccccc4)O[C@H]3C2=O)sc(C)c1C. The van der Waals surface area contributed by atoms with Crippen LogP contribution in [0.3, 0.4) is 0 Å². The number of rotatable bonds is 4. The number of carbonyl (C=O) groups excluding carboxylic acids is 3. The van der Waals surface area contributed by atoms with Crippen LogP contribution in [0, 0.1) is 26.7 Å². The monoisotopic (exact) mass is 476 g/mol. The van der Waals surface area contributed by atoms with Gasteiger partial charge in [-0.3, -0.25) is 14.4 Å². The average Bonchev–Trinajstić information content (AvgIpc) is 3.45. The van der Waals surface area contributed by atoms with Crippen molar-refractivity contribution in [1.29, 1.82) is 0 Å². The van der Waals surface area contributed by atoms with Crippen LogP contribution in [-0.4, -0.2) is 31.0 Å². The van der Waals surface area contributed by atoms with Gasteiger partial charge in [-0.05, 0) is 44.0 Å². The van der Waals surface area contributed by atoms with Gasteiger partial charge in [0.2, 0.25) is 5.91 Å². The molecule has 0 N–H and O–H groups in total. The van der Waals surface area contributed by atoms with Crippen molar-refractivity contribution in [2.24, 2.45) is 5.92 Å². The first-order valence-electron chi connectivity index (χ1n) is 11.0. The number of esters is 1. The van der Waals surface area contributed by atoms with Crippen molar-refractivity contribution < 1.29 is 24.0 Å². The Kier molecular flexibility index (Phi) is 5.50. The Hall–Kier alpha value is -3.49. The molecule has 2 fully saturated rings. The summed E-state index contributed by atoms with van der Waals surface area (Å²) in [6, 6.07) is 16.8. The molecule has 34 heavy (non-hydrogen) atoms. The number of imide groups is 1. The number of hydrogen-bond acceptors (Lipinski definition) is 7. The second kappa shape index (κ2) is 8.38. The van der Waals surface area contributed by atoms with Crippen LogP contribution in [0.2, 0.25) is 0 Å². The van der Waals surface area contributed by atoms with Crippen LogP contribution in [0.1, 0.15) is 38.0 Å². The minimum atomic E-state index is -0.993. The van der Waals surface area contributed by atoms with Crippen molar-refractivity contribution in [1.82, 2.24) is 0 Å². The van der Waals surface area contributed by atoms with Gasteiger partial charge in [-0.2, -0.15) is 0 Å². The molecule has 2 amide bonds. The Morgan fingerprint density at radius 2 is 1.65 bits per heavy atom. The fourth-order valence-corrected chi connectivity index (χ4v) is 5.78. The number of methoxy groups -OCH3 is 1. The number of aryl methyl sites for hydroxylation is 2. The predicted molar refractivity (Wildman–Crippen MR) is 129 cm³/mol. The topological polar surface area (TPSA) is 76.2 Å². The minimum Gasteiger partial charge on any atom is -0.465 e. The Labute approximate surface area is 201 Å². The number of anilines is 2. The van der Waals surface area contributed by atoms with Crippen molar-refractivity contribution >= 4 is 39.8 Å². The normalized spacial score (nSPS) is 21.8. The molecule has 0 aliphatic carbocycles. The molecular weight excluding hydrogens is 452 g/mol. The fraction of sp³-hybridized carbons (Fsp3) is 0.269. The number of ether oxygens (including phenoxy) is 1. The molecule has 3 heterocycles. The number of amides is 2. The van der Waals surface area contributed by atoms with Crippen LogP contribution >= 0.6 is 11.3 Å². The van der Waals surface area contributed by atoms with Gasteiger partial charge in [-0.15, -0.1) is 11.3 Å². The van der Waals surface area contributed by atoms with E-state index in [1.165, 1.54) is 18.4 Å². The Morgan fingerprint density at radius 1 is 0.971 bits per heavy atom. The third-order valence-electron chi connectivity index (χ3n) is 6.50. The molecule has 3 aromatic rings. The Bertz CT molecular complexity index is 1280. The summed E-state index contributed by atoms with van der Waals surface area (Å²) in [4.78, 5) is 48.1. The lowest BCUT2D eigenvalue weighted by molar-refractivity contribution is -0.126. The molecule has 174 valence electrons. The lowest BCUT2D eigenvalue weighted by Gasteiger charge is -2.28. The maximum Gasteiger partial charge on any atom is 0.341 e. The van der Waals surface area contributed by atoms with Crippen LogP contribution in [0.4, 0.5) is 10.7 Å². The molecule has 8 heteroatoms. The summed E-state index contributed by atoms with van der Waals surface area (Å²) in [5.74, 6) is -2.19. The van der Waals surface area contributed by atoms with E-state index in [1.54, 1.807) is 12.0 Å². The second-order valence-corrected chi connectivity index (χ2v) is 9.74. The largest absolute Gasteiger partial charge is 0.465 e. The lowest BCUT2D eigenvalue weighted by atomic mass is 9.90. The molecule has 0 spiro atoms. The van der Waals surface area contributed by atoms with E-state index in [2.05, 4.69) is 0 Å². The average molecular weight is 477 g/mol. The van der Waals surface area contributed by atoms with Gasteiger partial charge in [0.15, 0.2) is 6.10 Å². The predicted octanol–water partition coefficient (Wildman–Crippen LogP) is 4.51. The van der Waals surface area contributed by atoms with E-state index < -0.39 is 29.9 Å². The molecule has 0 bridgehead atoms. The number of nitrogens with zero attached hydrogens (tertiary/aromatic N) is 2. The molecule has 2 aliphatic rings. The number of para-hydroxylation sites is 1. The van der Waals surface area contributed by atoms with Crippen LogP contribution in [0.25, 0.3) is 0 Å². The molecule has 0 saturated carbocycles. The number of hydroxylamine groups is 1. The third kappa shape index (κ3) is 3.33. The van der Waals surface area contributed by atoms with Crippen LogP contribution in [-0.2, 0) is 19.2 Å². The van der Waals surface area contributed by atoms with E-state index in [1.807, 2.05) is 68.4 Å². The highest BCUT2D eigenvalue weighted by Crippen LogP contribution is 2.49. The number of hydrogen-bond donors (Lipinski definition) is 0. The van der Waals surface area contributed by atoms with Crippen LogP contribution in [0.5, 0.6) is 0 Å². The maximum absolute atomic E-state index is 13.9. The first-order chi connectivity index (χ1) is 16.3. The van der Waals surface area contributed by atoms with Gasteiger partial charge in [0, 0.05) is 4.88 Å². The highest BCUT2D eigenvalue weighted by Gasteiger charge is 2.61. The van der Waals surface area contributed by atoms with E-state index in [9.17, 15) is 14.4 Å². The van der Waals surface area contributed by atoms with Gasteiger partial charge in [0.25, 0.3) is 5.91 Å². The number of thiophene rings is 1. The molecule has 7 nitrogen and oxygen atoms in total. The fourth-order valence-electron chi connectivity index (χ4n) is 4.62. The molecule has 2 aromatic carbocycles. The quantitative estimate of drug-likeness (QED) is 0.407. The van der Waals surface area contributed by atoms with Crippen molar-refractivity contribution in [3.8, 4) is 0 Å². The molecule has 0 unspecified atom stereocenters. The van der Waals surface area contributed by atoms with Crippen molar-refractivity contribution in [2.45, 2.75) is 32.9 Å². The van der Waals surface area contributed by atoms with E-state index in [-0.39, 0.29) is 11.5 Å². The molecule has 2 saturated heterocycles. The number of carbonyl (C=O) groups is 3. The smallest absolute Gasteiger partial charge is 0.341 e. The summed E-state index contributed by atoms with van der Waals surface area (Å²) in [7, 11) is 1.29. The zero-order valence-electron chi connectivity index (χ0n) is 19.3. The van der Waals surface area contributed by atoms with Crippen molar-refractivity contribution in [2.75, 3.05) is 17.1 Å². The zero-order chi connectivity index (χ0) is 24.1. The van der Waals surface area contributed by atoms with Gasteiger partial charge < -0.3 is 4.74 Å². The van der Waals surface area contributed by atoms with E-state index in [4.69, 9.17) is 9.57 Å². The summed E-state index contributed by atoms with van der Waals surface area (Å²) in [6.07, 6.45) is -0.993. The van der Waals surface area contributed by atoms with Crippen molar-refractivity contribution in [3.05, 3.63) is 81.7 Å². The van der Waals surface area contributed by atoms with Gasteiger partial charge in [0.1, 0.15) is 10.9 Å². The highest BCUT2D eigenvalue weighted by atomic mass is 32.1. The maximum atomic E-state index is 13.9. The first kappa shape index (κ1) is 22.3. The number of fused-ring (bicyclic) bond motifs is 1. The highest BCUT2D eigenvalue weighted by molar-refractivity contribution is 7.17. The van der Waals surface area contributed by atoms with Crippen LogP contribution in [0.15, 0.2) is 54.6 Å². The standard InChI is InChI=1S/C26H24N2O5S/c1-14-10-12-17(13-11-14)21-20-22(33-28(21)18-8-6-5-7-9-18)24(30)27(23(20)29)25-19(26(31)32-4)15(2)16(3)34-25/h5-13,20-22H,1-4H3/t20-,21-,22-/m1/s1.